The van der Waals surface area contributed by atoms with Crippen molar-refractivity contribution in [1.82, 2.24) is 0 Å². The Kier molecular flexibility index (Phi) is 3.85. The third-order valence-electron chi connectivity index (χ3n) is 0.843. The van der Waals surface area contributed by atoms with Gasteiger partial charge in [-0.1, -0.05) is 0 Å². The zero-order chi connectivity index (χ0) is 8.91. The Bertz CT molecular complexity index is 162. The van der Waals surface area contributed by atoms with Crippen molar-refractivity contribution in [3.63, 3.8) is 0 Å². The van der Waals surface area contributed by atoms with Gasteiger partial charge in [-0.2, -0.15) is 0 Å². The predicted molar refractivity (Wildman–Crippen MR) is 43.5 cm³/mol. The van der Waals surface area contributed by atoms with Crippen LogP contribution in [0.5, 0.6) is 0 Å². The summed E-state index contributed by atoms with van der Waals surface area (Å²) in [5, 5.41) is 8.92. The van der Waals surface area contributed by atoms with Gasteiger partial charge >= 0.3 is 5.97 Å². The summed E-state index contributed by atoms with van der Waals surface area (Å²) in [5.41, 5.74) is 3.69. The number of aliphatic hydroxyl groups is 1. The van der Waals surface area contributed by atoms with Crippen LogP contribution in [0.2, 0.25) is 0 Å². The highest BCUT2D eigenvalue weighted by Gasteiger charge is 2.07. The minimum atomic E-state index is -1.45. The van der Waals surface area contributed by atoms with Crippen molar-refractivity contribution in [2.75, 3.05) is 6.61 Å². The standard InChI is InChI=1S/C6H12BNO3/c1-2-11-5(9)3-4-6(7,8)10/h3-4,10H,2,7-8H2,1H3/b4-3+. The van der Waals surface area contributed by atoms with Gasteiger partial charge in [0.05, 0.1) is 12.2 Å². The maximum absolute atomic E-state index is 10.6. The average molecular weight is 157 g/mol. The van der Waals surface area contributed by atoms with Crippen molar-refractivity contribution in [3.8, 4) is 0 Å². The molecule has 0 rings (SSSR count). The molecule has 0 amide bonds. The van der Waals surface area contributed by atoms with Crippen LogP contribution in [-0.2, 0) is 9.53 Å². The highest BCUT2D eigenvalue weighted by Crippen LogP contribution is 1.90. The molecule has 62 valence electrons. The largest absolute Gasteiger partial charge is 0.463 e. The van der Waals surface area contributed by atoms with E-state index in [1.54, 1.807) is 6.92 Å². The second-order valence-electron chi connectivity index (χ2n) is 2.31. The summed E-state index contributed by atoms with van der Waals surface area (Å²) < 4.78 is 4.54. The lowest BCUT2D eigenvalue weighted by Gasteiger charge is -2.09. The van der Waals surface area contributed by atoms with Crippen LogP contribution in [0.3, 0.4) is 0 Å². The number of hydrogen-bond donors (Lipinski definition) is 2. The van der Waals surface area contributed by atoms with E-state index in [4.69, 9.17) is 10.8 Å². The van der Waals surface area contributed by atoms with Crippen LogP contribution < -0.4 is 5.73 Å². The molecule has 0 bridgehead atoms. The van der Waals surface area contributed by atoms with E-state index in [2.05, 4.69) is 4.74 Å². The number of rotatable bonds is 3. The van der Waals surface area contributed by atoms with Gasteiger partial charge in [0.25, 0.3) is 0 Å². The lowest BCUT2D eigenvalue weighted by atomic mass is 9.92. The van der Waals surface area contributed by atoms with Crippen molar-refractivity contribution < 1.29 is 14.6 Å². The van der Waals surface area contributed by atoms with E-state index in [-0.39, 0.29) is 0 Å². The summed E-state index contributed by atoms with van der Waals surface area (Å²) in [6.45, 7) is 2.02. The minimum absolute atomic E-state index is 0.315. The first-order chi connectivity index (χ1) is 4.95. The molecule has 1 unspecified atom stereocenters. The van der Waals surface area contributed by atoms with Gasteiger partial charge in [0.1, 0.15) is 0 Å². The Morgan fingerprint density at radius 3 is 2.82 bits per heavy atom. The van der Waals surface area contributed by atoms with Crippen LogP contribution in [0.25, 0.3) is 0 Å². The molecule has 11 heavy (non-hydrogen) atoms. The molecule has 0 aliphatic carbocycles. The first-order valence-corrected chi connectivity index (χ1v) is 3.33. The highest BCUT2D eigenvalue weighted by molar-refractivity contribution is 6.15. The highest BCUT2D eigenvalue weighted by atomic mass is 16.5. The number of esters is 1. The maximum Gasteiger partial charge on any atom is 0.330 e. The molecule has 0 aromatic carbocycles. The fourth-order valence-electron chi connectivity index (χ4n) is 0.427. The summed E-state index contributed by atoms with van der Waals surface area (Å²) in [5.74, 6) is -0.502. The topological polar surface area (TPSA) is 72.5 Å². The molecule has 1 atom stereocenters. The molecule has 0 radical (unpaired) electrons. The second kappa shape index (κ2) is 4.15. The van der Waals surface area contributed by atoms with E-state index < -0.39 is 11.6 Å². The Labute approximate surface area is 66.4 Å². The smallest absolute Gasteiger partial charge is 0.330 e. The van der Waals surface area contributed by atoms with Crippen LogP contribution >= 0.6 is 0 Å². The van der Waals surface area contributed by atoms with Gasteiger partial charge in [0, 0.05) is 6.08 Å². The molecular weight excluding hydrogens is 145 g/mol. The molecule has 4 nitrogen and oxygen atoms in total. The van der Waals surface area contributed by atoms with Crippen LogP contribution in [0.15, 0.2) is 12.2 Å². The first-order valence-electron chi connectivity index (χ1n) is 3.33. The summed E-state index contributed by atoms with van der Waals surface area (Å²) in [6.07, 6.45) is 2.27. The third kappa shape index (κ3) is 7.09. The van der Waals surface area contributed by atoms with Crippen LogP contribution in [-0.4, -0.2) is 31.2 Å². The van der Waals surface area contributed by atoms with Crippen molar-refractivity contribution in [1.29, 1.82) is 0 Å². The fraction of sp³-hybridized carbons (Fsp3) is 0.500. The van der Waals surface area contributed by atoms with E-state index in [1.807, 2.05) is 0 Å². The van der Waals surface area contributed by atoms with E-state index in [0.717, 1.165) is 6.08 Å². The predicted octanol–water partition coefficient (Wildman–Crippen LogP) is -1.66. The molecule has 0 saturated heterocycles. The molecule has 0 aliphatic rings. The molecule has 0 heterocycles. The van der Waals surface area contributed by atoms with Crippen LogP contribution in [0.1, 0.15) is 6.92 Å². The Hall–Kier alpha value is -0.805. The van der Waals surface area contributed by atoms with Crippen molar-refractivity contribution in [3.05, 3.63) is 12.2 Å². The van der Waals surface area contributed by atoms with Crippen molar-refractivity contribution in [2.24, 2.45) is 5.73 Å². The first kappa shape index (κ1) is 10.2. The van der Waals surface area contributed by atoms with Gasteiger partial charge < -0.3 is 15.6 Å². The summed E-state index contributed by atoms with van der Waals surface area (Å²) in [6, 6.07) is 0. The van der Waals surface area contributed by atoms with Gasteiger partial charge in [-0.3, -0.25) is 0 Å². The van der Waals surface area contributed by atoms with Crippen molar-refractivity contribution >= 4 is 13.8 Å². The van der Waals surface area contributed by atoms with E-state index in [1.165, 1.54) is 13.9 Å². The monoisotopic (exact) mass is 157 g/mol. The molecular formula is C6H12BNO3. The van der Waals surface area contributed by atoms with Gasteiger partial charge in [0.2, 0.25) is 0 Å². The number of carbonyl (C=O) groups excluding carboxylic acids is 1. The van der Waals surface area contributed by atoms with Crippen LogP contribution in [0.4, 0.5) is 0 Å². The van der Waals surface area contributed by atoms with Gasteiger partial charge in [0.15, 0.2) is 7.85 Å². The summed E-state index contributed by atoms with van der Waals surface area (Å²) in [7, 11) is 1.36. The third-order valence-corrected chi connectivity index (χ3v) is 0.843. The maximum atomic E-state index is 10.6. The summed E-state index contributed by atoms with van der Waals surface area (Å²) in [4.78, 5) is 10.6. The molecule has 0 saturated carbocycles. The second-order valence-corrected chi connectivity index (χ2v) is 2.31. The fourth-order valence-corrected chi connectivity index (χ4v) is 0.427. The Balaban J connectivity index is 3.83. The summed E-state index contributed by atoms with van der Waals surface area (Å²) >= 11 is 0. The van der Waals surface area contributed by atoms with Gasteiger partial charge in [-0.25, -0.2) is 4.79 Å². The number of carbonyl (C=O) groups is 1. The Morgan fingerprint density at radius 2 is 2.45 bits per heavy atom. The lowest BCUT2D eigenvalue weighted by molar-refractivity contribution is -0.137. The van der Waals surface area contributed by atoms with Gasteiger partial charge in [-0.05, 0) is 13.0 Å². The quantitative estimate of drug-likeness (QED) is 0.222. The molecule has 0 aliphatic heterocycles. The van der Waals surface area contributed by atoms with Gasteiger partial charge in [-0.15, -0.1) is 0 Å². The SMILES string of the molecule is BC(N)(O)/C=C/C(=O)OCC. The van der Waals surface area contributed by atoms with Crippen LogP contribution in [0, 0.1) is 0 Å². The number of nitrogens with two attached hydrogens (primary N) is 1. The van der Waals surface area contributed by atoms with E-state index >= 15 is 0 Å². The van der Waals surface area contributed by atoms with E-state index in [9.17, 15) is 4.79 Å². The molecule has 0 aromatic rings. The zero-order valence-corrected chi connectivity index (χ0v) is 6.70. The molecule has 0 aromatic heterocycles. The minimum Gasteiger partial charge on any atom is -0.463 e. The van der Waals surface area contributed by atoms with Crippen molar-refractivity contribution in [2.45, 2.75) is 12.5 Å². The number of hydrogen-bond acceptors (Lipinski definition) is 4. The number of ether oxygens (including phenoxy) is 1. The molecule has 0 fully saturated rings. The molecule has 3 N–H and O–H groups in total. The Morgan fingerprint density at radius 1 is 1.91 bits per heavy atom. The normalized spacial score (nSPS) is 16.3. The molecule has 0 spiro atoms. The zero-order valence-electron chi connectivity index (χ0n) is 6.70. The molecule has 5 heteroatoms. The average Bonchev–Trinajstić information content (AvgIpc) is 1.83. The lowest BCUT2D eigenvalue weighted by Crippen LogP contribution is -2.37. The van der Waals surface area contributed by atoms with E-state index in [0.29, 0.717) is 6.61 Å².